The Balaban J connectivity index is 2.71. The Morgan fingerprint density at radius 3 is 2.67 bits per heavy atom. The van der Waals surface area contributed by atoms with Gasteiger partial charge in [0.2, 0.25) is 5.90 Å². The quantitative estimate of drug-likeness (QED) is 0.551. The number of hydrogen-bond acceptors (Lipinski definition) is 4. The van der Waals surface area contributed by atoms with Crippen molar-refractivity contribution in [3.05, 3.63) is 0 Å². The standard InChI is InChI=1S/C3H6N2O3S/c1-2-3-4-5-9(6,7)8-3/h5H,2H2,1H3. The smallest absolute Gasteiger partial charge is 0.348 e. The Labute approximate surface area is 53.0 Å². The lowest BCUT2D eigenvalue weighted by Gasteiger charge is -1.90. The number of nitrogens with one attached hydrogen (secondary N) is 1. The molecule has 0 aliphatic carbocycles. The summed E-state index contributed by atoms with van der Waals surface area (Å²) in [6, 6.07) is 0. The van der Waals surface area contributed by atoms with Gasteiger partial charge in [-0.05, 0) is 0 Å². The van der Waals surface area contributed by atoms with Crippen molar-refractivity contribution in [2.24, 2.45) is 5.10 Å². The predicted molar refractivity (Wildman–Crippen MR) is 30.9 cm³/mol. The van der Waals surface area contributed by atoms with E-state index in [1.807, 2.05) is 4.83 Å². The highest BCUT2D eigenvalue weighted by molar-refractivity contribution is 7.85. The molecule has 5 nitrogen and oxygen atoms in total. The Kier molecular flexibility index (Phi) is 1.32. The van der Waals surface area contributed by atoms with E-state index >= 15 is 0 Å². The van der Waals surface area contributed by atoms with E-state index in [4.69, 9.17) is 0 Å². The van der Waals surface area contributed by atoms with Gasteiger partial charge in [0.25, 0.3) is 0 Å². The molecule has 0 atom stereocenters. The van der Waals surface area contributed by atoms with E-state index in [1.165, 1.54) is 0 Å². The monoisotopic (exact) mass is 150 g/mol. The molecule has 9 heavy (non-hydrogen) atoms. The van der Waals surface area contributed by atoms with Gasteiger partial charge in [-0.25, -0.2) is 0 Å². The van der Waals surface area contributed by atoms with Crippen LogP contribution in [0.2, 0.25) is 0 Å². The Bertz CT molecular complexity index is 229. The summed E-state index contributed by atoms with van der Waals surface area (Å²) in [5.41, 5.74) is 0. The maximum absolute atomic E-state index is 10.4. The second-order valence-electron chi connectivity index (χ2n) is 1.49. The normalized spacial score (nSPS) is 22.1. The Hall–Kier alpha value is -0.780. The van der Waals surface area contributed by atoms with Gasteiger partial charge in [-0.15, -0.1) is 5.10 Å². The lowest BCUT2D eigenvalue weighted by molar-refractivity contribution is 0.484. The van der Waals surface area contributed by atoms with E-state index in [0.717, 1.165) is 0 Å². The molecule has 1 N–H and O–H groups in total. The summed E-state index contributed by atoms with van der Waals surface area (Å²) in [5, 5.41) is 3.36. The first-order chi connectivity index (χ1) is 4.14. The third kappa shape index (κ3) is 1.32. The van der Waals surface area contributed by atoms with Crippen LogP contribution >= 0.6 is 0 Å². The van der Waals surface area contributed by atoms with Crippen LogP contribution in [0.15, 0.2) is 5.10 Å². The summed E-state index contributed by atoms with van der Waals surface area (Å²) in [6.07, 6.45) is 0.478. The zero-order valence-electron chi connectivity index (χ0n) is 4.79. The molecule has 52 valence electrons. The van der Waals surface area contributed by atoms with Crippen molar-refractivity contribution in [2.45, 2.75) is 13.3 Å². The van der Waals surface area contributed by atoms with Crippen LogP contribution in [0.5, 0.6) is 0 Å². The van der Waals surface area contributed by atoms with Crippen molar-refractivity contribution in [2.75, 3.05) is 0 Å². The molecule has 1 heterocycles. The van der Waals surface area contributed by atoms with E-state index in [9.17, 15) is 8.42 Å². The molecule has 1 rings (SSSR count). The van der Waals surface area contributed by atoms with Gasteiger partial charge >= 0.3 is 10.3 Å². The fraction of sp³-hybridized carbons (Fsp3) is 0.667. The number of hydrogen-bond donors (Lipinski definition) is 1. The molecule has 1 aliphatic rings. The molecule has 0 unspecified atom stereocenters. The second-order valence-corrected chi connectivity index (χ2v) is 2.75. The van der Waals surface area contributed by atoms with Gasteiger partial charge < -0.3 is 4.18 Å². The van der Waals surface area contributed by atoms with Crippen LogP contribution in [0.3, 0.4) is 0 Å². The molecule has 0 aromatic rings. The fourth-order valence-electron chi connectivity index (χ4n) is 0.409. The maximum Gasteiger partial charge on any atom is 0.423 e. The van der Waals surface area contributed by atoms with Gasteiger partial charge in [-0.3, -0.25) is 0 Å². The first-order valence-corrected chi connectivity index (χ1v) is 3.82. The number of hydrazone groups is 1. The average molecular weight is 150 g/mol. The third-order valence-corrected chi connectivity index (χ3v) is 1.52. The predicted octanol–water partition coefficient (Wildman–Crippen LogP) is -0.425. The molecule has 0 fully saturated rings. The SMILES string of the molecule is CCC1=NNS(=O)(=O)O1. The van der Waals surface area contributed by atoms with Crippen LogP contribution in [-0.2, 0) is 14.5 Å². The zero-order chi connectivity index (χ0) is 6.91. The van der Waals surface area contributed by atoms with Crippen LogP contribution in [0.1, 0.15) is 13.3 Å². The lowest BCUT2D eigenvalue weighted by Crippen LogP contribution is -2.12. The van der Waals surface area contributed by atoms with Crippen molar-refractivity contribution in [1.82, 2.24) is 4.83 Å². The third-order valence-electron chi connectivity index (χ3n) is 0.791. The Morgan fingerprint density at radius 1 is 1.78 bits per heavy atom. The van der Waals surface area contributed by atoms with Gasteiger partial charge in [0.15, 0.2) is 0 Å². The van der Waals surface area contributed by atoms with E-state index in [-0.39, 0.29) is 5.90 Å². The zero-order valence-corrected chi connectivity index (χ0v) is 5.60. The van der Waals surface area contributed by atoms with Gasteiger partial charge in [-0.1, -0.05) is 6.92 Å². The van der Waals surface area contributed by atoms with E-state index in [2.05, 4.69) is 9.28 Å². The van der Waals surface area contributed by atoms with Crippen LogP contribution in [0, 0.1) is 0 Å². The van der Waals surface area contributed by atoms with Crippen LogP contribution in [0.25, 0.3) is 0 Å². The highest BCUT2D eigenvalue weighted by Crippen LogP contribution is 2.01. The van der Waals surface area contributed by atoms with Gasteiger partial charge in [-0.2, -0.15) is 13.2 Å². The largest absolute Gasteiger partial charge is 0.423 e. The van der Waals surface area contributed by atoms with Gasteiger partial charge in [0, 0.05) is 6.42 Å². The highest BCUT2D eigenvalue weighted by Gasteiger charge is 2.19. The molecule has 0 aromatic heterocycles. The van der Waals surface area contributed by atoms with Crippen molar-refractivity contribution in [3.63, 3.8) is 0 Å². The maximum atomic E-state index is 10.4. The summed E-state index contributed by atoms with van der Waals surface area (Å²) >= 11 is 0. The molecule has 6 heteroatoms. The van der Waals surface area contributed by atoms with Crippen LogP contribution in [0.4, 0.5) is 0 Å². The summed E-state index contributed by atoms with van der Waals surface area (Å²) in [6.45, 7) is 1.75. The van der Waals surface area contributed by atoms with E-state index in [1.54, 1.807) is 6.92 Å². The van der Waals surface area contributed by atoms with Crippen LogP contribution < -0.4 is 4.83 Å². The first-order valence-electron chi connectivity index (χ1n) is 2.42. The molecular formula is C3H6N2O3S. The molecule has 0 bridgehead atoms. The van der Waals surface area contributed by atoms with E-state index < -0.39 is 10.3 Å². The molecule has 0 spiro atoms. The Morgan fingerprint density at radius 2 is 2.44 bits per heavy atom. The molecule has 0 saturated heterocycles. The van der Waals surface area contributed by atoms with Gasteiger partial charge in [0.1, 0.15) is 0 Å². The lowest BCUT2D eigenvalue weighted by atomic mass is 10.5. The summed E-state index contributed by atoms with van der Waals surface area (Å²) in [7, 11) is -3.56. The molecule has 0 aromatic carbocycles. The molecule has 0 saturated carbocycles. The molecule has 1 aliphatic heterocycles. The topological polar surface area (TPSA) is 67.8 Å². The minimum Gasteiger partial charge on any atom is -0.348 e. The van der Waals surface area contributed by atoms with Crippen molar-refractivity contribution >= 4 is 16.2 Å². The highest BCUT2D eigenvalue weighted by atomic mass is 32.2. The van der Waals surface area contributed by atoms with Crippen molar-refractivity contribution in [1.29, 1.82) is 0 Å². The minimum absolute atomic E-state index is 0.204. The van der Waals surface area contributed by atoms with E-state index in [0.29, 0.717) is 6.42 Å². The van der Waals surface area contributed by atoms with Crippen LogP contribution in [-0.4, -0.2) is 14.3 Å². The average Bonchev–Trinajstić information content (AvgIpc) is 2.10. The number of rotatable bonds is 1. The first kappa shape index (κ1) is 6.34. The van der Waals surface area contributed by atoms with Crippen molar-refractivity contribution in [3.8, 4) is 0 Å². The summed E-state index contributed by atoms with van der Waals surface area (Å²) in [5.74, 6) is 0.204. The van der Waals surface area contributed by atoms with Gasteiger partial charge in [0.05, 0.1) is 0 Å². The van der Waals surface area contributed by atoms with Crippen molar-refractivity contribution < 1.29 is 12.6 Å². The summed E-state index contributed by atoms with van der Waals surface area (Å²) in [4.78, 5) is 1.83. The molecule has 0 radical (unpaired) electrons. The fourth-order valence-corrected chi connectivity index (χ4v) is 1.07. The minimum atomic E-state index is -3.56. The summed E-state index contributed by atoms with van der Waals surface area (Å²) < 4.78 is 25.0. The second kappa shape index (κ2) is 1.87. The molecule has 0 amide bonds. The molecular weight excluding hydrogens is 144 g/mol. The number of nitrogens with zero attached hydrogens (tertiary/aromatic N) is 1.